The Balaban J connectivity index is 2.22. The lowest BCUT2D eigenvalue weighted by Gasteiger charge is -2.06. The minimum atomic E-state index is -3.53. The first-order valence-corrected chi connectivity index (χ1v) is 7.86. The van der Waals surface area contributed by atoms with E-state index in [-0.39, 0.29) is 22.8 Å². The van der Waals surface area contributed by atoms with Gasteiger partial charge in [0, 0.05) is 17.3 Å². The summed E-state index contributed by atoms with van der Waals surface area (Å²) < 4.78 is 24.4. The third-order valence-electron chi connectivity index (χ3n) is 3.05. The molecule has 0 bridgehead atoms. The van der Waals surface area contributed by atoms with Gasteiger partial charge in [-0.25, -0.2) is 8.42 Å². The molecule has 0 aliphatic carbocycles. The van der Waals surface area contributed by atoms with Crippen LogP contribution >= 0.6 is 0 Å². The molecule has 2 aromatic carbocycles. The summed E-state index contributed by atoms with van der Waals surface area (Å²) in [6, 6.07) is 12.1. The van der Waals surface area contributed by atoms with Gasteiger partial charge in [0.2, 0.25) is 0 Å². The second kappa shape index (κ2) is 5.92. The first-order valence-electron chi connectivity index (χ1n) is 6.21. The van der Waals surface area contributed by atoms with E-state index in [9.17, 15) is 18.5 Å². The van der Waals surface area contributed by atoms with Crippen molar-refractivity contribution in [2.45, 2.75) is 11.3 Å². The number of nitrogen functional groups attached to an aromatic ring is 1. The van der Waals surface area contributed by atoms with E-state index in [1.165, 1.54) is 18.2 Å². The predicted molar refractivity (Wildman–Crippen MR) is 79.7 cm³/mol. The molecule has 0 aromatic heterocycles. The number of sulfone groups is 1. The van der Waals surface area contributed by atoms with E-state index in [4.69, 9.17) is 5.73 Å². The van der Waals surface area contributed by atoms with E-state index in [2.05, 4.69) is 0 Å². The molecule has 2 rings (SSSR count). The molecule has 0 saturated carbocycles. The van der Waals surface area contributed by atoms with Crippen molar-refractivity contribution in [3.63, 3.8) is 0 Å². The molecule has 0 saturated heterocycles. The van der Waals surface area contributed by atoms with Gasteiger partial charge in [-0.1, -0.05) is 24.3 Å². The third-order valence-corrected chi connectivity index (χ3v) is 4.76. The number of nitro benzene ring substituents is 1. The van der Waals surface area contributed by atoms with Crippen LogP contribution in [0.25, 0.3) is 0 Å². The average Bonchev–Trinajstić information content (AvgIpc) is 2.45. The van der Waals surface area contributed by atoms with Crippen LogP contribution < -0.4 is 5.73 Å². The molecular formula is C14H14N2O4S. The van der Waals surface area contributed by atoms with E-state index in [0.717, 1.165) is 0 Å². The van der Waals surface area contributed by atoms with Gasteiger partial charge in [-0.2, -0.15) is 0 Å². The number of rotatable bonds is 5. The smallest absolute Gasteiger partial charge is 0.272 e. The van der Waals surface area contributed by atoms with Crippen molar-refractivity contribution < 1.29 is 13.3 Å². The van der Waals surface area contributed by atoms with E-state index >= 15 is 0 Å². The number of hydrogen-bond acceptors (Lipinski definition) is 5. The van der Waals surface area contributed by atoms with Gasteiger partial charge in [0.1, 0.15) is 0 Å². The van der Waals surface area contributed by atoms with Crippen LogP contribution in [0.2, 0.25) is 0 Å². The Morgan fingerprint density at radius 3 is 2.48 bits per heavy atom. The summed E-state index contributed by atoms with van der Waals surface area (Å²) in [6.45, 7) is 0. The SMILES string of the molecule is Nc1cccc(S(=O)(=O)CCc2ccccc2[N+](=O)[O-])c1. The van der Waals surface area contributed by atoms with Crippen LogP contribution in [0, 0.1) is 10.1 Å². The minimum Gasteiger partial charge on any atom is -0.399 e. The Hall–Kier alpha value is -2.41. The second-order valence-corrected chi connectivity index (χ2v) is 6.64. The van der Waals surface area contributed by atoms with E-state index in [0.29, 0.717) is 11.3 Å². The molecule has 7 heteroatoms. The van der Waals surface area contributed by atoms with E-state index in [1.54, 1.807) is 30.3 Å². The summed E-state index contributed by atoms with van der Waals surface area (Å²) in [5, 5.41) is 10.9. The Kier molecular flexibility index (Phi) is 4.23. The first kappa shape index (κ1) is 15.0. The maximum absolute atomic E-state index is 12.2. The molecule has 6 nitrogen and oxygen atoms in total. The van der Waals surface area contributed by atoms with Crippen molar-refractivity contribution in [2.75, 3.05) is 11.5 Å². The monoisotopic (exact) mass is 306 g/mol. The van der Waals surface area contributed by atoms with Crippen molar-refractivity contribution in [1.29, 1.82) is 0 Å². The number of benzene rings is 2. The molecule has 0 heterocycles. The van der Waals surface area contributed by atoms with Gasteiger partial charge >= 0.3 is 0 Å². The minimum absolute atomic E-state index is 0.0692. The van der Waals surface area contributed by atoms with Crippen LogP contribution in [-0.2, 0) is 16.3 Å². The normalized spacial score (nSPS) is 11.2. The summed E-state index contributed by atoms with van der Waals surface area (Å²) in [5.74, 6) is -0.207. The molecular weight excluding hydrogens is 292 g/mol. The fourth-order valence-electron chi connectivity index (χ4n) is 1.97. The van der Waals surface area contributed by atoms with Gasteiger partial charge < -0.3 is 5.73 Å². The number of para-hydroxylation sites is 1. The first-order chi connectivity index (χ1) is 9.90. The van der Waals surface area contributed by atoms with Crippen LogP contribution in [0.1, 0.15) is 5.56 Å². The highest BCUT2D eigenvalue weighted by Gasteiger charge is 2.18. The average molecular weight is 306 g/mol. The van der Waals surface area contributed by atoms with E-state index in [1.807, 2.05) is 0 Å². The molecule has 0 fully saturated rings. The van der Waals surface area contributed by atoms with Gasteiger partial charge in [0.25, 0.3) is 5.69 Å². The third kappa shape index (κ3) is 3.57. The molecule has 0 atom stereocenters. The highest BCUT2D eigenvalue weighted by Crippen LogP contribution is 2.21. The molecule has 21 heavy (non-hydrogen) atoms. The number of nitrogens with zero attached hydrogens (tertiary/aromatic N) is 1. The molecule has 0 amide bonds. The fraction of sp³-hybridized carbons (Fsp3) is 0.143. The van der Waals surface area contributed by atoms with Crippen LogP contribution in [0.4, 0.5) is 11.4 Å². The molecule has 0 radical (unpaired) electrons. The zero-order chi connectivity index (χ0) is 15.5. The molecule has 0 aliphatic heterocycles. The van der Waals surface area contributed by atoms with Gasteiger partial charge in [-0.05, 0) is 24.6 Å². The summed E-state index contributed by atoms with van der Waals surface area (Å²) >= 11 is 0. The molecule has 2 N–H and O–H groups in total. The van der Waals surface area contributed by atoms with Crippen LogP contribution in [0.15, 0.2) is 53.4 Å². The molecule has 0 aliphatic rings. The van der Waals surface area contributed by atoms with Gasteiger partial charge in [-0.3, -0.25) is 10.1 Å². The van der Waals surface area contributed by atoms with Crippen LogP contribution in [0.5, 0.6) is 0 Å². The zero-order valence-corrected chi connectivity index (χ0v) is 11.9. The Morgan fingerprint density at radius 2 is 1.81 bits per heavy atom. The zero-order valence-electron chi connectivity index (χ0n) is 11.1. The highest BCUT2D eigenvalue weighted by molar-refractivity contribution is 7.91. The molecule has 110 valence electrons. The number of nitrogens with two attached hydrogens (primary N) is 1. The molecule has 0 spiro atoms. The lowest BCUT2D eigenvalue weighted by atomic mass is 10.1. The predicted octanol–water partition coefficient (Wildman–Crippen LogP) is 2.19. The van der Waals surface area contributed by atoms with Crippen molar-refractivity contribution in [1.82, 2.24) is 0 Å². The highest BCUT2D eigenvalue weighted by atomic mass is 32.2. The summed E-state index contributed by atoms with van der Waals surface area (Å²) in [7, 11) is -3.53. The molecule has 0 unspecified atom stereocenters. The van der Waals surface area contributed by atoms with Crippen LogP contribution in [-0.4, -0.2) is 19.1 Å². The van der Waals surface area contributed by atoms with Crippen molar-refractivity contribution in [3.05, 3.63) is 64.2 Å². The van der Waals surface area contributed by atoms with E-state index < -0.39 is 14.8 Å². The lowest BCUT2D eigenvalue weighted by molar-refractivity contribution is -0.385. The molecule has 2 aromatic rings. The van der Waals surface area contributed by atoms with Crippen molar-refractivity contribution >= 4 is 21.2 Å². The number of anilines is 1. The Bertz CT molecular complexity index is 772. The number of aryl methyl sites for hydroxylation is 1. The number of nitro groups is 1. The maximum Gasteiger partial charge on any atom is 0.272 e. The van der Waals surface area contributed by atoms with Gasteiger partial charge in [-0.15, -0.1) is 0 Å². The summed E-state index contributed by atoms with van der Waals surface area (Å²) in [5.41, 5.74) is 6.26. The maximum atomic E-state index is 12.2. The lowest BCUT2D eigenvalue weighted by Crippen LogP contribution is -2.10. The second-order valence-electron chi connectivity index (χ2n) is 4.53. The Labute approximate surface area is 122 Å². The van der Waals surface area contributed by atoms with Gasteiger partial charge in [0.15, 0.2) is 9.84 Å². The van der Waals surface area contributed by atoms with Crippen molar-refractivity contribution in [2.24, 2.45) is 0 Å². The summed E-state index contributed by atoms with van der Waals surface area (Å²) in [6.07, 6.45) is 0.0777. The Morgan fingerprint density at radius 1 is 1.10 bits per heavy atom. The number of hydrogen-bond donors (Lipinski definition) is 1. The standard InChI is InChI=1S/C14H14N2O4S/c15-12-5-3-6-13(10-12)21(19,20)9-8-11-4-1-2-7-14(11)16(17)18/h1-7,10H,8-9,15H2. The largest absolute Gasteiger partial charge is 0.399 e. The van der Waals surface area contributed by atoms with Gasteiger partial charge in [0.05, 0.1) is 15.6 Å². The quantitative estimate of drug-likeness (QED) is 0.518. The van der Waals surface area contributed by atoms with Crippen LogP contribution in [0.3, 0.4) is 0 Å². The fourth-order valence-corrected chi connectivity index (χ4v) is 3.30. The van der Waals surface area contributed by atoms with Crippen molar-refractivity contribution in [3.8, 4) is 0 Å². The summed E-state index contributed by atoms with van der Waals surface area (Å²) in [4.78, 5) is 10.5. The topological polar surface area (TPSA) is 103 Å².